The molecule has 0 bridgehead atoms. The quantitative estimate of drug-likeness (QED) is 0.174. The summed E-state index contributed by atoms with van der Waals surface area (Å²) in [5.41, 5.74) is 18.6. The van der Waals surface area contributed by atoms with Crippen molar-refractivity contribution < 1.29 is 0 Å². The number of fused-ring (bicyclic) bond motifs is 6. The normalized spacial score (nSPS) is 13.8. The molecule has 3 nitrogen and oxygen atoms in total. The van der Waals surface area contributed by atoms with E-state index in [1.165, 1.54) is 61.2 Å². The zero-order valence-electron chi connectivity index (χ0n) is 30.0. The summed E-state index contributed by atoms with van der Waals surface area (Å²) in [5.74, 6) is 0. The molecule has 0 spiro atoms. The van der Waals surface area contributed by atoms with Crippen molar-refractivity contribution in [2.24, 2.45) is 0 Å². The molecular formula is C50H39N3. The zero-order chi connectivity index (χ0) is 35.5. The number of aryl methyl sites for hydroxylation is 1. The van der Waals surface area contributed by atoms with Crippen molar-refractivity contribution in [2.75, 3.05) is 4.90 Å². The molecule has 0 atom stereocenters. The molecule has 0 N–H and O–H groups in total. The topological polar surface area (TPSA) is 21.1 Å². The van der Waals surface area contributed by atoms with E-state index < -0.39 is 0 Å². The summed E-state index contributed by atoms with van der Waals surface area (Å²) in [5, 5.41) is 1.34. The molecule has 0 aliphatic heterocycles. The van der Waals surface area contributed by atoms with Crippen LogP contribution in [0.1, 0.15) is 42.7 Å². The minimum atomic E-state index is -0.0886. The summed E-state index contributed by atoms with van der Waals surface area (Å²) < 4.78 is 2.42. The number of rotatable bonds is 6. The first kappa shape index (κ1) is 31.3. The molecule has 0 amide bonds. The van der Waals surface area contributed by atoms with Crippen molar-refractivity contribution in [1.82, 2.24) is 9.55 Å². The molecule has 3 heteroatoms. The van der Waals surface area contributed by atoms with Crippen LogP contribution in [0, 0.1) is 0 Å². The van der Waals surface area contributed by atoms with Gasteiger partial charge in [-0.2, -0.15) is 0 Å². The Morgan fingerprint density at radius 3 is 2.02 bits per heavy atom. The van der Waals surface area contributed by atoms with E-state index in [0.717, 1.165) is 41.0 Å². The van der Waals surface area contributed by atoms with E-state index >= 15 is 0 Å². The number of para-hydroxylation sites is 1. The standard InChI is InChI=1S/C50H39N3/c1-50(2)46-16-8-6-14-42(46)43-28-27-41(32-47(43)50)52(40-25-20-35(21-26-40)37-11-10-30-51-33-37)39-23-18-34(19-24-39)36-22-29-49-45(31-36)44-15-7-9-17-48(44)53(49)38-12-4-3-5-13-38/h3-6,8-14,16-33H,7,15H2,1-2H3. The molecule has 0 radical (unpaired) electrons. The molecule has 0 fully saturated rings. The Morgan fingerprint density at radius 1 is 0.585 bits per heavy atom. The van der Waals surface area contributed by atoms with Gasteiger partial charge >= 0.3 is 0 Å². The fourth-order valence-electron chi connectivity index (χ4n) is 8.69. The Balaban J connectivity index is 1.06. The molecular weight excluding hydrogens is 643 g/mol. The summed E-state index contributed by atoms with van der Waals surface area (Å²) in [4.78, 5) is 6.74. The molecule has 2 aromatic heterocycles. The maximum absolute atomic E-state index is 4.35. The van der Waals surface area contributed by atoms with E-state index in [1.54, 1.807) is 0 Å². The second kappa shape index (κ2) is 12.4. The van der Waals surface area contributed by atoms with E-state index in [2.05, 4.69) is 186 Å². The van der Waals surface area contributed by atoms with Crippen molar-refractivity contribution >= 4 is 34.0 Å². The molecule has 2 aliphatic carbocycles. The Morgan fingerprint density at radius 2 is 1.26 bits per heavy atom. The number of hydrogen-bond acceptors (Lipinski definition) is 2. The fraction of sp³-hybridized carbons (Fsp3) is 0.100. The molecule has 6 aromatic carbocycles. The highest BCUT2D eigenvalue weighted by Gasteiger charge is 2.35. The van der Waals surface area contributed by atoms with Gasteiger partial charge in [-0.1, -0.05) is 105 Å². The lowest BCUT2D eigenvalue weighted by Gasteiger charge is -2.28. The van der Waals surface area contributed by atoms with Gasteiger partial charge in [-0.15, -0.1) is 0 Å². The number of nitrogens with zero attached hydrogens (tertiary/aromatic N) is 3. The Labute approximate surface area is 311 Å². The lowest BCUT2D eigenvalue weighted by Crippen LogP contribution is -2.16. The van der Waals surface area contributed by atoms with Crippen molar-refractivity contribution in [2.45, 2.75) is 32.1 Å². The Hall–Kier alpha value is -6.45. The predicted octanol–water partition coefficient (Wildman–Crippen LogP) is 13.1. The maximum Gasteiger partial charge on any atom is 0.0538 e. The minimum Gasteiger partial charge on any atom is -0.310 e. The van der Waals surface area contributed by atoms with Crippen LogP contribution in [0.5, 0.6) is 0 Å². The first-order valence-electron chi connectivity index (χ1n) is 18.6. The van der Waals surface area contributed by atoms with Crippen LogP contribution in [-0.4, -0.2) is 9.55 Å². The van der Waals surface area contributed by atoms with Gasteiger partial charge in [-0.25, -0.2) is 0 Å². The Kier molecular flexibility index (Phi) is 7.29. The van der Waals surface area contributed by atoms with Crippen molar-refractivity contribution in [3.63, 3.8) is 0 Å². The summed E-state index contributed by atoms with van der Waals surface area (Å²) in [6.45, 7) is 4.70. The molecule has 0 saturated heterocycles. The van der Waals surface area contributed by atoms with Crippen LogP contribution >= 0.6 is 0 Å². The number of aromatic nitrogens is 2. The predicted molar refractivity (Wildman–Crippen MR) is 222 cm³/mol. The van der Waals surface area contributed by atoms with Crippen LogP contribution < -0.4 is 4.90 Å². The molecule has 0 unspecified atom stereocenters. The van der Waals surface area contributed by atoms with Crippen molar-refractivity contribution in [3.8, 4) is 39.1 Å². The van der Waals surface area contributed by atoms with Gasteiger partial charge in [0.2, 0.25) is 0 Å². The van der Waals surface area contributed by atoms with E-state index in [9.17, 15) is 0 Å². The van der Waals surface area contributed by atoms with Gasteiger partial charge in [0.15, 0.2) is 0 Å². The first-order valence-corrected chi connectivity index (χ1v) is 18.6. The molecule has 2 aliphatic rings. The van der Waals surface area contributed by atoms with Crippen LogP contribution in [0.15, 0.2) is 170 Å². The van der Waals surface area contributed by atoms with Crippen LogP contribution in [0.25, 0.3) is 56.0 Å². The highest BCUT2D eigenvalue weighted by Crippen LogP contribution is 2.50. The number of benzene rings is 6. The van der Waals surface area contributed by atoms with Crippen molar-refractivity contribution in [3.05, 3.63) is 193 Å². The number of hydrogen-bond donors (Lipinski definition) is 0. The summed E-state index contributed by atoms with van der Waals surface area (Å²) in [6, 6.07) is 55.6. The van der Waals surface area contributed by atoms with E-state index in [0.29, 0.717) is 0 Å². The second-order valence-corrected chi connectivity index (χ2v) is 14.8. The first-order chi connectivity index (χ1) is 26.0. The average Bonchev–Trinajstić information content (AvgIpc) is 3.67. The van der Waals surface area contributed by atoms with E-state index in [-0.39, 0.29) is 5.41 Å². The maximum atomic E-state index is 4.35. The third kappa shape index (κ3) is 5.15. The third-order valence-corrected chi connectivity index (χ3v) is 11.4. The second-order valence-electron chi connectivity index (χ2n) is 14.8. The van der Waals surface area contributed by atoms with Gasteiger partial charge in [-0.05, 0) is 136 Å². The zero-order valence-corrected chi connectivity index (χ0v) is 30.0. The summed E-state index contributed by atoms with van der Waals surface area (Å²) >= 11 is 0. The van der Waals surface area contributed by atoms with E-state index in [1.807, 2.05) is 18.5 Å². The van der Waals surface area contributed by atoms with Crippen LogP contribution in [0.3, 0.4) is 0 Å². The molecule has 8 aromatic rings. The average molecular weight is 682 g/mol. The fourth-order valence-corrected chi connectivity index (χ4v) is 8.69. The van der Waals surface area contributed by atoms with E-state index in [4.69, 9.17) is 0 Å². The van der Waals surface area contributed by atoms with Gasteiger partial charge in [0, 0.05) is 51.6 Å². The van der Waals surface area contributed by atoms with Crippen LogP contribution in [0.4, 0.5) is 17.1 Å². The van der Waals surface area contributed by atoms with Crippen LogP contribution in [-0.2, 0) is 11.8 Å². The minimum absolute atomic E-state index is 0.0886. The lowest BCUT2D eigenvalue weighted by atomic mass is 9.82. The molecule has 53 heavy (non-hydrogen) atoms. The summed E-state index contributed by atoms with van der Waals surface area (Å²) in [7, 11) is 0. The van der Waals surface area contributed by atoms with Gasteiger partial charge in [0.1, 0.15) is 0 Å². The lowest BCUT2D eigenvalue weighted by molar-refractivity contribution is 0.660. The third-order valence-electron chi connectivity index (χ3n) is 11.4. The SMILES string of the molecule is CC1(C)c2ccccc2-c2ccc(N(c3ccc(-c4cccnc4)cc3)c3ccc(-c4ccc5c(c4)c4c(n5-c5ccccc5)C=CCC4)cc3)cc21. The number of allylic oxidation sites excluding steroid dienone is 1. The molecule has 254 valence electrons. The monoisotopic (exact) mass is 681 g/mol. The van der Waals surface area contributed by atoms with Gasteiger partial charge in [0.05, 0.1) is 5.52 Å². The molecule has 2 heterocycles. The molecule has 10 rings (SSSR count). The van der Waals surface area contributed by atoms with Gasteiger partial charge in [-0.3, -0.25) is 4.98 Å². The largest absolute Gasteiger partial charge is 0.310 e. The summed E-state index contributed by atoms with van der Waals surface area (Å²) in [6.07, 6.45) is 10.5. The van der Waals surface area contributed by atoms with Crippen LogP contribution in [0.2, 0.25) is 0 Å². The highest BCUT2D eigenvalue weighted by molar-refractivity contribution is 5.94. The van der Waals surface area contributed by atoms with Gasteiger partial charge < -0.3 is 9.47 Å². The van der Waals surface area contributed by atoms with Gasteiger partial charge in [0.25, 0.3) is 0 Å². The highest BCUT2D eigenvalue weighted by atomic mass is 15.1. The smallest absolute Gasteiger partial charge is 0.0538 e. The number of anilines is 3. The Bertz CT molecular complexity index is 2660. The number of pyridine rings is 1. The van der Waals surface area contributed by atoms with Crippen molar-refractivity contribution in [1.29, 1.82) is 0 Å². The molecule has 0 saturated carbocycles.